The molecule has 0 spiro atoms. The number of aliphatic hydroxyl groups excluding tert-OH is 7. The average Bonchev–Trinajstić information content (AvgIpc) is 3.15. The van der Waals surface area contributed by atoms with Crippen LogP contribution in [0.2, 0.25) is 0 Å². The lowest BCUT2D eigenvalue weighted by Crippen LogP contribution is -2.68. The van der Waals surface area contributed by atoms with E-state index in [1.54, 1.807) is 6.92 Å². The van der Waals surface area contributed by atoms with Gasteiger partial charge in [0, 0.05) is 0 Å². The van der Waals surface area contributed by atoms with Crippen molar-refractivity contribution in [2.75, 3.05) is 6.61 Å². The van der Waals surface area contributed by atoms with Crippen molar-refractivity contribution < 1.29 is 79.3 Å². The summed E-state index contributed by atoms with van der Waals surface area (Å²) in [6.45, 7) is 12.2. The van der Waals surface area contributed by atoms with Crippen LogP contribution in [-0.2, 0) is 33.3 Å². The van der Waals surface area contributed by atoms with Crippen molar-refractivity contribution >= 4 is 17.9 Å². The van der Waals surface area contributed by atoms with Gasteiger partial charge in [-0.05, 0) is 111 Å². The second-order valence-electron chi connectivity index (χ2n) is 20.5. The Labute approximate surface area is 338 Å². The minimum atomic E-state index is -1.91. The van der Waals surface area contributed by atoms with Gasteiger partial charge in [-0.3, -0.25) is 9.59 Å². The van der Waals surface area contributed by atoms with Crippen LogP contribution < -0.4 is 0 Å². The zero-order valence-electron chi connectivity index (χ0n) is 34.3. The van der Waals surface area contributed by atoms with Gasteiger partial charge >= 0.3 is 17.9 Å². The minimum absolute atomic E-state index is 0.0298. The van der Waals surface area contributed by atoms with Crippen molar-refractivity contribution in [3.05, 3.63) is 11.6 Å². The number of esters is 1. The number of rotatable bonds is 7. The van der Waals surface area contributed by atoms with Crippen molar-refractivity contribution in [2.24, 2.45) is 50.2 Å². The number of fused-ring (bicyclic) bond motifs is 7. The molecule has 16 heteroatoms. The van der Waals surface area contributed by atoms with Gasteiger partial charge in [0.15, 0.2) is 12.4 Å². The first kappa shape index (κ1) is 43.8. The monoisotopic (exact) mass is 824 g/mol. The molecule has 328 valence electrons. The van der Waals surface area contributed by atoms with Crippen LogP contribution in [0.3, 0.4) is 0 Å². The number of hydrogen-bond donors (Lipinski definition) is 9. The number of aliphatic hydroxyl groups is 7. The molecule has 0 aromatic carbocycles. The van der Waals surface area contributed by atoms with Crippen molar-refractivity contribution in [1.29, 1.82) is 0 Å². The summed E-state index contributed by atoms with van der Waals surface area (Å²) in [5.41, 5.74) is -2.56. The van der Waals surface area contributed by atoms with Gasteiger partial charge in [-0.15, -0.1) is 0 Å². The Morgan fingerprint density at radius 2 is 1.38 bits per heavy atom. The number of carbonyl (C=O) groups is 3. The van der Waals surface area contributed by atoms with E-state index in [4.69, 9.17) is 18.9 Å². The number of ether oxygens (including phenoxy) is 4. The molecule has 7 aliphatic rings. The molecule has 5 aliphatic carbocycles. The highest BCUT2D eigenvalue weighted by molar-refractivity contribution is 5.79. The van der Waals surface area contributed by atoms with Gasteiger partial charge in [-0.2, -0.15) is 0 Å². The van der Waals surface area contributed by atoms with Gasteiger partial charge in [0.1, 0.15) is 42.7 Å². The predicted octanol–water partition coefficient (Wildman–Crippen LogP) is 1.47. The van der Waals surface area contributed by atoms with E-state index in [1.807, 2.05) is 0 Å². The number of carboxylic acid groups (broad SMARTS) is 2. The SMILES string of the molecule is CC1(C)CC[C@]2(C(=O)O[C@@H]3O[C@H](CO)[C@@H](O)[C@H](O)[C@H]3O)CC[C@]3(C)C(=CCC4[C@@]5(C)CC[C@H](O[C@@H]6O[C@H](C(=O)O)[C@@H](O)[C@H](O)[C@H]6O)[C@@](C)(C(=O)O)C5CC[C@]43C)[C@@H]2C1. The quantitative estimate of drug-likeness (QED) is 0.1000. The molecule has 7 rings (SSSR count). The predicted molar refractivity (Wildman–Crippen MR) is 200 cm³/mol. The highest BCUT2D eigenvalue weighted by atomic mass is 16.7. The van der Waals surface area contributed by atoms with Crippen molar-refractivity contribution in [3.63, 3.8) is 0 Å². The van der Waals surface area contributed by atoms with Gasteiger partial charge in [-0.1, -0.05) is 46.3 Å². The fourth-order valence-corrected chi connectivity index (χ4v) is 13.5. The molecule has 4 saturated carbocycles. The number of hydrogen-bond acceptors (Lipinski definition) is 14. The number of carboxylic acids is 2. The minimum Gasteiger partial charge on any atom is -0.481 e. The molecule has 2 aliphatic heterocycles. The second-order valence-corrected chi connectivity index (χ2v) is 20.5. The molecule has 2 heterocycles. The van der Waals surface area contributed by atoms with Crippen molar-refractivity contribution in [3.8, 4) is 0 Å². The fraction of sp³-hybridized carbons (Fsp3) is 0.881. The van der Waals surface area contributed by atoms with E-state index in [0.29, 0.717) is 51.4 Å². The number of carbonyl (C=O) groups excluding carboxylic acids is 1. The van der Waals surface area contributed by atoms with Crippen LogP contribution in [0.4, 0.5) is 0 Å². The summed E-state index contributed by atoms with van der Waals surface area (Å²) in [5.74, 6) is -3.78. The summed E-state index contributed by atoms with van der Waals surface area (Å²) in [6.07, 6.45) is -9.90. The molecule has 9 N–H and O–H groups in total. The maximum atomic E-state index is 14.6. The number of allylic oxidation sites excluding steroid dienone is 2. The summed E-state index contributed by atoms with van der Waals surface area (Å²) in [4.78, 5) is 39.9. The summed E-state index contributed by atoms with van der Waals surface area (Å²) < 4.78 is 23.2. The van der Waals surface area contributed by atoms with E-state index in [0.717, 1.165) is 6.42 Å². The highest BCUT2D eigenvalue weighted by Gasteiger charge is 2.71. The summed E-state index contributed by atoms with van der Waals surface area (Å²) in [6, 6.07) is 0. The molecule has 0 bridgehead atoms. The Balaban J connectivity index is 1.19. The van der Waals surface area contributed by atoms with Gasteiger partial charge in [0.2, 0.25) is 6.29 Å². The van der Waals surface area contributed by atoms with Crippen LogP contribution >= 0.6 is 0 Å². The van der Waals surface area contributed by atoms with E-state index >= 15 is 0 Å². The largest absolute Gasteiger partial charge is 0.481 e. The fourth-order valence-electron chi connectivity index (χ4n) is 13.5. The summed E-state index contributed by atoms with van der Waals surface area (Å²) >= 11 is 0. The van der Waals surface area contributed by atoms with E-state index in [1.165, 1.54) is 5.57 Å². The van der Waals surface area contributed by atoms with Crippen LogP contribution in [0.1, 0.15) is 106 Å². The normalized spacial score (nSPS) is 52.5. The smallest absolute Gasteiger partial charge is 0.335 e. The summed E-state index contributed by atoms with van der Waals surface area (Å²) in [7, 11) is 0. The maximum absolute atomic E-state index is 14.6. The maximum Gasteiger partial charge on any atom is 0.335 e. The van der Waals surface area contributed by atoms with Gasteiger partial charge in [-0.25, -0.2) is 4.79 Å². The Hall–Kier alpha value is -2.25. The van der Waals surface area contributed by atoms with Crippen LogP contribution in [0.5, 0.6) is 0 Å². The van der Waals surface area contributed by atoms with Crippen LogP contribution in [0.15, 0.2) is 11.6 Å². The third-order valence-corrected chi connectivity index (χ3v) is 17.3. The molecule has 0 radical (unpaired) electrons. The zero-order valence-corrected chi connectivity index (χ0v) is 34.3. The Kier molecular flexibility index (Phi) is 11.1. The van der Waals surface area contributed by atoms with Gasteiger partial charge < -0.3 is 64.9 Å². The standard InChI is InChI=1S/C42H64O16/c1-37(2)13-15-42(36(54)58-33-29(48)26(45)25(44)21(18-43)55-33)16-14-39(4)19(20(42)17-37)7-8-22-38(3)11-10-24(41(6,35(52)53)23(38)9-12-40(22,39)5)56-34-30(49)27(46)28(47)31(57-34)32(50)51/h7,20-31,33-34,43-49H,8-18H2,1-6H3,(H,50,51)(H,52,53)/t20-,21+,22?,23?,24-,25+,26-,27-,28-,29+,30+,31-,33-,34+,38+,39+,40+,41-,42-/m0/s1. The first-order chi connectivity index (χ1) is 26.9. The molecule has 58 heavy (non-hydrogen) atoms. The van der Waals surface area contributed by atoms with Crippen LogP contribution in [-0.4, -0.2) is 138 Å². The number of aliphatic carboxylic acids is 2. The molecule has 2 unspecified atom stereocenters. The molecule has 6 fully saturated rings. The van der Waals surface area contributed by atoms with Crippen molar-refractivity contribution in [1.82, 2.24) is 0 Å². The molecule has 0 amide bonds. The highest BCUT2D eigenvalue weighted by Crippen LogP contribution is 2.76. The van der Waals surface area contributed by atoms with Crippen LogP contribution in [0.25, 0.3) is 0 Å². The zero-order chi connectivity index (χ0) is 42.7. The summed E-state index contributed by atoms with van der Waals surface area (Å²) in [5, 5.41) is 93.4. The van der Waals surface area contributed by atoms with E-state index < -0.39 is 114 Å². The van der Waals surface area contributed by atoms with Crippen LogP contribution in [0, 0.1) is 50.2 Å². The lowest BCUT2D eigenvalue weighted by atomic mass is 9.33. The first-order valence-electron chi connectivity index (χ1n) is 21.0. The molecule has 16 nitrogen and oxygen atoms in total. The lowest BCUT2D eigenvalue weighted by molar-refractivity contribution is -0.323. The first-order valence-corrected chi connectivity index (χ1v) is 21.0. The van der Waals surface area contributed by atoms with Gasteiger partial charge in [0.05, 0.1) is 23.5 Å². The Morgan fingerprint density at radius 1 is 0.741 bits per heavy atom. The van der Waals surface area contributed by atoms with Crippen molar-refractivity contribution in [2.45, 2.75) is 173 Å². The lowest BCUT2D eigenvalue weighted by Gasteiger charge is -2.71. The Bertz CT molecular complexity index is 1670. The van der Waals surface area contributed by atoms with E-state index in [2.05, 4.69) is 40.7 Å². The Morgan fingerprint density at radius 3 is 2.02 bits per heavy atom. The third-order valence-electron chi connectivity index (χ3n) is 17.3. The molecular weight excluding hydrogens is 760 g/mol. The molecule has 0 aromatic rings. The molecule has 2 saturated heterocycles. The van der Waals surface area contributed by atoms with Gasteiger partial charge in [0.25, 0.3) is 0 Å². The topological polar surface area (TPSA) is 270 Å². The molecule has 19 atom stereocenters. The third kappa shape index (κ3) is 6.25. The molecule has 0 aromatic heterocycles. The average molecular weight is 825 g/mol. The molecular formula is C42H64O16. The second kappa shape index (κ2) is 14.7. The van der Waals surface area contributed by atoms with E-state index in [-0.39, 0.29) is 34.5 Å². The van der Waals surface area contributed by atoms with E-state index in [9.17, 15) is 60.3 Å².